The number of morpholine rings is 1. The molecule has 0 radical (unpaired) electrons. The molecular weight excluding hydrogens is 336 g/mol. The average molecular weight is 364 g/mol. The Bertz CT molecular complexity index is 798. The van der Waals surface area contributed by atoms with E-state index in [0.29, 0.717) is 6.54 Å². The van der Waals surface area contributed by atoms with E-state index in [1.807, 2.05) is 0 Å². The third-order valence-corrected chi connectivity index (χ3v) is 5.22. The molecule has 2 aliphatic heterocycles. The number of fused-ring (bicyclic) bond motifs is 1. The zero-order valence-electron chi connectivity index (χ0n) is 16.0. The lowest BCUT2D eigenvalue weighted by Gasteiger charge is -2.30. The molecular formula is C22H28N4O. The molecule has 1 N–H and O–H groups in total. The van der Waals surface area contributed by atoms with Crippen molar-refractivity contribution in [1.82, 2.24) is 5.32 Å². The monoisotopic (exact) mass is 364 g/mol. The molecule has 2 heterocycles. The van der Waals surface area contributed by atoms with Gasteiger partial charge in [-0.05, 0) is 36.6 Å². The van der Waals surface area contributed by atoms with Gasteiger partial charge in [-0.1, -0.05) is 36.4 Å². The van der Waals surface area contributed by atoms with E-state index < -0.39 is 0 Å². The Labute approximate surface area is 161 Å². The molecule has 142 valence electrons. The van der Waals surface area contributed by atoms with Crippen LogP contribution >= 0.6 is 0 Å². The number of nitrogens with zero attached hydrogens (tertiary/aromatic N) is 3. The van der Waals surface area contributed by atoms with E-state index in [0.717, 1.165) is 51.8 Å². The van der Waals surface area contributed by atoms with Crippen LogP contribution in [-0.2, 0) is 17.7 Å². The second-order valence-corrected chi connectivity index (χ2v) is 6.93. The summed E-state index contributed by atoms with van der Waals surface area (Å²) >= 11 is 0. The minimum atomic E-state index is 0.675. The van der Waals surface area contributed by atoms with Crippen molar-refractivity contribution < 1.29 is 4.74 Å². The fourth-order valence-corrected chi connectivity index (χ4v) is 3.87. The Morgan fingerprint density at radius 3 is 2.56 bits per heavy atom. The largest absolute Gasteiger partial charge is 0.378 e. The molecule has 5 heteroatoms. The summed E-state index contributed by atoms with van der Waals surface area (Å²) in [5.74, 6) is 0.972. The fraction of sp³-hybridized carbons (Fsp3) is 0.409. The van der Waals surface area contributed by atoms with Gasteiger partial charge in [-0.2, -0.15) is 0 Å². The van der Waals surface area contributed by atoms with Crippen LogP contribution in [0.2, 0.25) is 0 Å². The second-order valence-electron chi connectivity index (χ2n) is 6.93. The molecule has 1 fully saturated rings. The topological polar surface area (TPSA) is 40.1 Å². The standard InChI is InChI=1S/C22H28N4O/c1-2-23-22(26-12-11-18-7-3-6-10-21(18)26)24-17-19-8-4-5-9-20(19)25-13-15-27-16-14-25/h3-10H,2,11-17H2,1H3,(H,23,24). The molecule has 1 saturated heterocycles. The molecule has 4 rings (SSSR count). The Hall–Kier alpha value is -2.53. The summed E-state index contributed by atoms with van der Waals surface area (Å²) in [6.07, 6.45) is 1.07. The molecule has 0 bridgehead atoms. The molecule has 0 saturated carbocycles. The molecule has 0 unspecified atom stereocenters. The Morgan fingerprint density at radius 2 is 1.74 bits per heavy atom. The number of aliphatic imine (C=N–C) groups is 1. The van der Waals surface area contributed by atoms with Gasteiger partial charge in [0.15, 0.2) is 5.96 Å². The number of benzene rings is 2. The zero-order chi connectivity index (χ0) is 18.5. The quantitative estimate of drug-likeness (QED) is 0.669. The van der Waals surface area contributed by atoms with Crippen LogP contribution in [0.1, 0.15) is 18.1 Å². The van der Waals surface area contributed by atoms with Gasteiger partial charge in [0.05, 0.1) is 19.8 Å². The van der Waals surface area contributed by atoms with E-state index in [4.69, 9.17) is 9.73 Å². The van der Waals surface area contributed by atoms with Crippen LogP contribution in [0.25, 0.3) is 0 Å². The van der Waals surface area contributed by atoms with Crippen molar-refractivity contribution in [3.05, 3.63) is 59.7 Å². The van der Waals surface area contributed by atoms with Crippen LogP contribution in [0.4, 0.5) is 11.4 Å². The van der Waals surface area contributed by atoms with E-state index in [9.17, 15) is 0 Å². The van der Waals surface area contributed by atoms with Crippen molar-refractivity contribution in [1.29, 1.82) is 0 Å². The minimum Gasteiger partial charge on any atom is -0.378 e. The number of nitrogens with one attached hydrogen (secondary N) is 1. The molecule has 0 aliphatic carbocycles. The summed E-state index contributed by atoms with van der Waals surface area (Å²) in [6, 6.07) is 17.2. The first-order chi connectivity index (χ1) is 13.4. The predicted molar refractivity (Wildman–Crippen MR) is 112 cm³/mol. The van der Waals surface area contributed by atoms with E-state index >= 15 is 0 Å². The average Bonchev–Trinajstić information content (AvgIpc) is 3.16. The van der Waals surface area contributed by atoms with Crippen molar-refractivity contribution in [2.24, 2.45) is 4.99 Å². The van der Waals surface area contributed by atoms with Gasteiger partial charge >= 0.3 is 0 Å². The maximum atomic E-state index is 5.51. The summed E-state index contributed by atoms with van der Waals surface area (Å²) in [4.78, 5) is 9.72. The maximum Gasteiger partial charge on any atom is 0.198 e. The van der Waals surface area contributed by atoms with Gasteiger partial charge in [0.2, 0.25) is 0 Å². The molecule has 2 aromatic carbocycles. The number of ether oxygens (including phenoxy) is 1. The highest BCUT2D eigenvalue weighted by molar-refractivity contribution is 5.98. The highest BCUT2D eigenvalue weighted by Gasteiger charge is 2.22. The fourth-order valence-electron chi connectivity index (χ4n) is 3.87. The first-order valence-electron chi connectivity index (χ1n) is 9.91. The van der Waals surface area contributed by atoms with E-state index in [1.165, 1.54) is 22.5 Å². The van der Waals surface area contributed by atoms with Crippen LogP contribution in [0.15, 0.2) is 53.5 Å². The molecule has 0 amide bonds. The number of guanidine groups is 1. The highest BCUT2D eigenvalue weighted by atomic mass is 16.5. The second kappa shape index (κ2) is 8.44. The lowest BCUT2D eigenvalue weighted by atomic mass is 10.1. The van der Waals surface area contributed by atoms with Gasteiger partial charge in [-0.15, -0.1) is 0 Å². The first kappa shape index (κ1) is 17.9. The zero-order valence-corrected chi connectivity index (χ0v) is 16.0. The summed E-state index contributed by atoms with van der Waals surface area (Å²) in [6.45, 7) is 8.13. The van der Waals surface area contributed by atoms with Gasteiger partial charge < -0.3 is 19.9 Å². The number of anilines is 2. The van der Waals surface area contributed by atoms with Gasteiger partial charge in [0, 0.05) is 37.6 Å². The Balaban J connectivity index is 1.57. The van der Waals surface area contributed by atoms with E-state index in [-0.39, 0.29) is 0 Å². The lowest BCUT2D eigenvalue weighted by molar-refractivity contribution is 0.122. The van der Waals surface area contributed by atoms with Crippen LogP contribution < -0.4 is 15.1 Å². The lowest BCUT2D eigenvalue weighted by Crippen LogP contribution is -2.40. The molecule has 5 nitrogen and oxygen atoms in total. The molecule has 0 atom stereocenters. The van der Waals surface area contributed by atoms with Crippen LogP contribution in [-0.4, -0.2) is 45.4 Å². The Morgan fingerprint density at radius 1 is 1.00 bits per heavy atom. The van der Waals surface area contributed by atoms with Gasteiger partial charge in [-0.3, -0.25) is 0 Å². The normalized spacial score (nSPS) is 17.1. The first-order valence-corrected chi connectivity index (χ1v) is 9.91. The van der Waals surface area contributed by atoms with Crippen molar-refractivity contribution in [2.45, 2.75) is 19.9 Å². The molecule has 27 heavy (non-hydrogen) atoms. The van der Waals surface area contributed by atoms with Crippen LogP contribution in [0.5, 0.6) is 0 Å². The van der Waals surface area contributed by atoms with E-state index in [2.05, 4.69) is 70.6 Å². The van der Waals surface area contributed by atoms with E-state index in [1.54, 1.807) is 0 Å². The molecule has 0 aromatic heterocycles. The van der Waals surface area contributed by atoms with Gasteiger partial charge in [0.1, 0.15) is 0 Å². The molecule has 2 aliphatic rings. The van der Waals surface area contributed by atoms with Gasteiger partial charge in [-0.25, -0.2) is 4.99 Å². The number of hydrogen-bond donors (Lipinski definition) is 1. The van der Waals surface area contributed by atoms with Crippen LogP contribution in [0.3, 0.4) is 0 Å². The summed E-state index contributed by atoms with van der Waals surface area (Å²) < 4.78 is 5.51. The maximum absolute atomic E-state index is 5.51. The molecule has 0 spiro atoms. The van der Waals surface area contributed by atoms with Crippen molar-refractivity contribution in [3.8, 4) is 0 Å². The SMILES string of the molecule is CCNC(=NCc1ccccc1N1CCOCC1)N1CCc2ccccc21. The van der Waals surface area contributed by atoms with Crippen molar-refractivity contribution in [3.63, 3.8) is 0 Å². The van der Waals surface area contributed by atoms with Crippen molar-refractivity contribution >= 4 is 17.3 Å². The van der Waals surface area contributed by atoms with Crippen molar-refractivity contribution in [2.75, 3.05) is 49.2 Å². The predicted octanol–water partition coefficient (Wildman–Crippen LogP) is 3.05. The summed E-state index contributed by atoms with van der Waals surface area (Å²) in [7, 11) is 0. The third-order valence-electron chi connectivity index (χ3n) is 5.22. The minimum absolute atomic E-state index is 0.675. The molecule has 2 aromatic rings. The van der Waals surface area contributed by atoms with Gasteiger partial charge in [0.25, 0.3) is 0 Å². The number of rotatable bonds is 4. The number of para-hydroxylation sites is 2. The third kappa shape index (κ3) is 3.93. The summed E-state index contributed by atoms with van der Waals surface area (Å²) in [5.41, 5.74) is 5.22. The smallest absolute Gasteiger partial charge is 0.198 e. The summed E-state index contributed by atoms with van der Waals surface area (Å²) in [5, 5.41) is 3.48. The highest BCUT2D eigenvalue weighted by Crippen LogP contribution is 2.28. The Kier molecular flexibility index (Phi) is 5.58. The number of hydrogen-bond acceptors (Lipinski definition) is 3. The van der Waals surface area contributed by atoms with Crippen LogP contribution in [0, 0.1) is 0 Å².